The van der Waals surface area contributed by atoms with E-state index >= 15 is 0 Å². The topological polar surface area (TPSA) is 54.5 Å². The Morgan fingerprint density at radius 3 is 2.50 bits per heavy atom. The number of pyridine rings is 1. The molecular weight excluding hydrogens is 344 g/mol. The molecule has 0 aliphatic heterocycles. The third-order valence-electron chi connectivity index (χ3n) is 5.00. The van der Waals surface area contributed by atoms with Gasteiger partial charge in [-0.05, 0) is 34.9 Å². The zero-order chi connectivity index (χ0) is 18.9. The number of para-hydroxylation sites is 1. The largest absolute Gasteiger partial charge is 0.298 e. The highest BCUT2D eigenvalue weighted by Crippen LogP contribution is 2.30. The predicted octanol–water partition coefficient (Wildman–Crippen LogP) is 5.31. The maximum Gasteiger partial charge on any atom is 0.108 e. The Balaban J connectivity index is 1.81. The molecule has 2 heterocycles. The van der Waals surface area contributed by atoms with Crippen LogP contribution in [0.3, 0.4) is 0 Å². The van der Waals surface area contributed by atoms with Crippen molar-refractivity contribution < 1.29 is 0 Å². The average molecular weight is 360 g/mol. The Kier molecular flexibility index (Phi) is 3.85. The summed E-state index contributed by atoms with van der Waals surface area (Å²) in [5.74, 6) is 0. The molecule has 5 aromatic rings. The lowest BCUT2D eigenvalue weighted by atomic mass is 10.0. The van der Waals surface area contributed by atoms with Gasteiger partial charge >= 0.3 is 0 Å². The number of hydrogen-bond donors (Lipinski definition) is 0. The van der Waals surface area contributed by atoms with E-state index in [1.807, 2.05) is 55.0 Å². The van der Waals surface area contributed by atoms with Gasteiger partial charge in [0.15, 0.2) is 0 Å². The first kappa shape index (κ1) is 16.2. The maximum atomic E-state index is 9.20. The lowest BCUT2D eigenvalue weighted by molar-refractivity contribution is 1.06. The maximum absolute atomic E-state index is 9.20. The van der Waals surface area contributed by atoms with E-state index in [2.05, 4.69) is 50.9 Å². The van der Waals surface area contributed by atoms with Crippen molar-refractivity contribution in [1.82, 2.24) is 14.5 Å². The van der Waals surface area contributed by atoms with Gasteiger partial charge in [0.2, 0.25) is 0 Å². The minimum atomic E-state index is 0.355. The highest BCUT2D eigenvalue weighted by atomic mass is 15.1. The van der Waals surface area contributed by atoms with Crippen molar-refractivity contribution in [2.24, 2.45) is 0 Å². The summed E-state index contributed by atoms with van der Waals surface area (Å²) in [7, 11) is 0. The van der Waals surface area contributed by atoms with E-state index in [0.29, 0.717) is 6.42 Å². The number of benzene rings is 3. The second kappa shape index (κ2) is 6.64. The molecule has 0 saturated heterocycles. The van der Waals surface area contributed by atoms with Crippen LogP contribution >= 0.6 is 0 Å². The summed E-state index contributed by atoms with van der Waals surface area (Å²) in [6.07, 6.45) is 3.98. The van der Waals surface area contributed by atoms with Crippen molar-refractivity contribution in [3.05, 3.63) is 90.9 Å². The predicted molar refractivity (Wildman–Crippen MR) is 111 cm³/mol. The van der Waals surface area contributed by atoms with Gasteiger partial charge in [-0.3, -0.25) is 9.55 Å². The number of imidazole rings is 1. The molecule has 0 bridgehead atoms. The van der Waals surface area contributed by atoms with Gasteiger partial charge in [-0.2, -0.15) is 5.26 Å². The third kappa shape index (κ3) is 2.62. The van der Waals surface area contributed by atoms with Crippen LogP contribution in [-0.2, 0) is 6.42 Å². The molecule has 3 aromatic carbocycles. The molecule has 0 unspecified atom stereocenters. The third-order valence-corrected chi connectivity index (χ3v) is 5.00. The quantitative estimate of drug-likeness (QED) is 0.438. The van der Waals surface area contributed by atoms with Crippen LogP contribution in [-0.4, -0.2) is 14.5 Å². The molecule has 0 radical (unpaired) electrons. The molecule has 0 amide bonds. The summed E-state index contributed by atoms with van der Waals surface area (Å²) in [6, 6.07) is 26.9. The second-order valence-electron chi connectivity index (χ2n) is 6.67. The minimum absolute atomic E-state index is 0.355. The Hall–Kier alpha value is -3.97. The van der Waals surface area contributed by atoms with Crippen molar-refractivity contribution in [3.63, 3.8) is 0 Å². The average Bonchev–Trinajstić information content (AvgIpc) is 3.19. The van der Waals surface area contributed by atoms with Crippen LogP contribution in [0.2, 0.25) is 0 Å². The van der Waals surface area contributed by atoms with Crippen LogP contribution in [0.25, 0.3) is 38.8 Å². The fourth-order valence-electron chi connectivity index (χ4n) is 3.67. The molecule has 28 heavy (non-hydrogen) atoms. The van der Waals surface area contributed by atoms with E-state index < -0.39 is 0 Å². The summed E-state index contributed by atoms with van der Waals surface area (Å²) in [6.45, 7) is 0. The van der Waals surface area contributed by atoms with Gasteiger partial charge in [0.25, 0.3) is 0 Å². The zero-order valence-electron chi connectivity index (χ0n) is 15.1. The smallest absolute Gasteiger partial charge is 0.108 e. The van der Waals surface area contributed by atoms with Crippen LogP contribution in [0.4, 0.5) is 0 Å². The van der Waals surface area contributed by atoms with Crippen LogP contribution in [0.1, 0.15) is 5.56 Å². The van der Waals surface area contributed by atoms with Crippen molar-refractivity contribution in [2.45, 2.75) is 6.42 Å². The molecule has 0 aliphatic rings. The Morgan fingerprint density at radius 1 is 0.821 bits per heavy atom. The highest BCUT2D eigenvalue weighted by Gasteiger charge is 2.13. The molecule has 4 nitrogen and oxygen atoms in total. The lowest BCUT2D eigenvalue weighted by Crippen LogP contribution is -1.98. The molecule has 0 aliphatic carbocycles. The minimum Gasteiger partial charge on any atom is -0.298 e. The van der Waals surface area contributed by atoms with Gasteiger partial charge < -0.3 is 0 Å². The first-order chi connectivity index (χ1) is 13.8. The van der Waals surface area contributed by atoms with Gasteiger partial charge in [-0.1, -0.05) is 54.6 Å². The SMILES string of the molecule is N#CCc1ccccc1-n1cnc2cnc3ccc(-c4ccccc4)cc3c21. The molecule has 0 saturated carbocycles. The van der Waals surface area contributed by atoms with Crippen LogP contribution < -0.4 is 0 Å². The fraction of sp³-hybridized carbons (Fsp3) is 0.0417. The molecule has 132 valence electrons. The van der Waals surface area contributed by atoms with Gasteiger partial charge in [-0.15, -0.1) is 0 Å². The van der Waals surface area contributed by atoms with Crippen LogP contribution in [0, 0.1) is 11.3 Å². The first-order valence-electron chi connectivity index (χ1n) is 9.11. The van der Waals surface area contributed by atoms with E-state index in [4.69, 9.17) is 0 Å². The highest BCUT2D eigenvalue weighted by molar-refractivity contribution is 6.04. The first-order valence-corrected chi connectivity index (χ1v) is 9.11. The molecule has 2 aromatic heterocycles. The standard InChI is InChI=1S/C24H16N4/c25-13-12-18-8-4-5-9-23(18)28-16-27-22-15-26-21-11-10-19(14-20(21)24(22)28)17-6-2-1-3-7-17/h1-11,14-16H,12H2. The summed E-state index contributed by atoms with van der Waals surface area (Å²) >= 11 is 0. The van der Waals surface area contributed by atoms with Gasteiger partial charge in [0.05, 0.1) is 35.4 Å². The van der Waals surface area contributed by atoms with E-state index in [1.165, 1.54) is 0 Å². The summed E-state index contributed by atoms with van der Waals surface area (Å²) in [5.41, 5.74) is 7.03. The lowest BCUT2D eigenvalue weighted by Gasteiger charge is -2.11. The number of nitrogens with zero attached hydrogens (tertiary/aromatic N) is 4. The Morgan fingerprint density at radius 2 is 1.64 bits per heavy atom. The Bertz CT molecular complexity index is 1340. The van der Waals surface area contributed by atoms with Crippen LogP contribution in [0.5, 0.6) is 0 Å². The summed E-state index contributed by atoms with van der Waals surface area (Å²) in [5, 5.41) is 10.2. The van der Waals surface area contributed by atoms with Crippen LogP contribution in [0.15, 0.2) is 85.3 Å². The molecule has 0 N–H and O–H groups in total. The molecule has 0 fully saturated rings. The molecule has 4 heteroatoms. The zero-order valence-corrected chi connectivity index (χ0v) is 15.1. The van der Waals surface area contributed by atoms with Crippen molar-refractivity contribution in [2.75, 3.05) is 0 Å². The molecule has 5 rings (SSSR count). The van der Waals surface area contributed by atoms with Crippen molar-refractivity contribution in [3.8, 4) is 22.9 Å². The van der Waals surface area contributed by atoms with Gasteiger partial charge in [-0.25, -0.2) is 4.98 Å². The number of hydrogen-bond acceptors (Lipinski definition) is 3. The van der Waals surface area contributed by atoms with E-state index in [1.54, 1.807) is 0 Å². The normalized spacial score (nSPS) is 11.0. The van der Waals surface area contributed by atoms with Gasteiger partial charge in [0.1, 0.15) is 11.8 Å². The number of aromatic nitrogens is 3. The molecule has 0 atom stereocenters. The summed E-state index contributed by atoms with van der Waals surface area (Å²) < 4.78 is 2.07. The van der Waals surface area contributed by atoms with E-state index in [9.17, 15) is 5.26 Å². The van der Waals surface area contributed by atoms with Crippen molar-refractivity contribution in [1.29, 1.82) is 5.26 Å². The number of fused-ring (bicyclic) bond motifs is 3. The van der Waals surface area contributed by atoms with E-state index in [0.717, 1.165) is 44.3 Å². The molecular formula is C24H16N4. The molecule has 0 spiro atoms. The second-order valence-corrected chi connectivity index (χ2v) is 6.67. The van der Waals surface area contributed by atoms with Gasteiger partial charge in [0, 0.05) is 5.39 Å². The Labute approximate surface area is 162 Å². The summed E-state index contributed by atoms with van der Waals surface area (Å²) in [4.78, 5) is 9.15. The number of rotatable bonds is 3. The van der Waals surface area contributed by atoms with Crippen molar-refractivity contribution >= 4 is 21.9 Å². The fourth-order valence-corrected chi connectivity index (χ4v) is 3.67. The van der Waals surface area contributed by atoms with E-state index in [-0.39, 0.29) is 0 Å². The number of nitriles is 1. The monoisotopic (exact) mass is 360 g/mol.